The van der Waals surface area contributed by atoms with Crippen LogP contribution >= 0.6 is 0 Å². The Morgan fingerprint density at radius 3 is 3.11 bits per heavy atom. The summed E-state index contributed by atoms with van der Waals surface area (Å²) in [5.74, 6) is 0.466. The topological polar surface area (TPSA) is 72.6 Å². The Morgan fingerprint density at radius 2 is 2.42 bits per heavy atom. The fraction of sp³-hybridized carbons (Fsp3) is 0.267. The molecule has 2 rings (SSSR count). The van der Waals surface area contributed by atoms with E-state index in [1.54, 1.807) is 13.2 Å². The third-order valence-corrected chi connectivity index (χ3v) is 3.23. The van der Waals surface area contributed by atoms with E-state index in [-0.39, 0.29) is 5.71 Å². The summed E-state index contributed by atoms with van der Waals surface area (Å²) < 4.78 is 0. The Bertz CT molecular complexity index is 605. The lowest BCUT2D eigenvalue weighted by Crippen LogP contribution is -2.08. The number of nitrogens with one attached hydrogen (secondary N) is 2. The van der Waals surface area contributed by atoms with Crippen LogP contribution in [0.25, 0.3) is 11.6 Å². The first kappa shape index (κ1) is 13.0. The minimum atomic E-state index is -0.0883. The zero-order chi connectivity index (χ0) is 13.8. The predicted molar refractivity (Wildman–Crippen MR) is 76.7 cm³/mol. The van der Waals surface area contributed by atoms with Crippen molar-refractivity contribution in [2.45, 2.75) is 19.3 Å². The van der Waals surface area contributed by atoms with E-state index in [2.05, 4.69) is 29.4 Å². The number of allylic oxidation sites excluding steroid dienone is 2. The van der Waals surface area contributed by atoms with Gasteiger partial charge in [0.2, 0.25) is 0 Å². The number of rotatable bonds is 3. The molecular formula is C15H16N4. The zero-order valence-electron chi connectivity index (χ0n) is 11.1. The first-order chi connectivity index (χ1) is 9.17. The Balaban J connectivity index is 2.48. The highest BCUT2D eigenvalue weighted by Gasteiger charge is 2.16. The third kappa shape index (κ3) is 2.55. The lowest BCUT2D eigenvalue weighted by Gasteiger charge is -2.18. The molecule has 0 bridgehead atoms. The number of fused-ring (bicyclic) bond motifs is 1. The Hall–Kier alpha value is -2.41. The first-order valence-electron chi connectivity index (χ1n) is 6.20. The van der Waals surface area contributed by atoms with E-state index in [4.69, 9.17) is 10.7 Å². The van der Waals surface area contributed by atoms with Crippen molar-refractivity contribution in [3.05, 3.63) is 41.4 Å². The quantitative estimate of drug-likeness (QED) is 0.812. The molecule has 0 radical (unpaired) electrons. The van der Waals surface area contributed by atoms with Crippen molar-refractivity contribution in [1.29, 1.82) is 10.7 Å². The molecule has 1 heterocycles. The van der Waals surface area contributed by atoms with E-state index in [1.165, 1.54) is 5.56 Å². The van der Waals surface area contributed by atoms with E-state index >= 15 is 0 Å². The molecule has 1 aliphatic carbocycles. The van der Waals surface area contributed by atoms with Gasteiger partial charge in [-0.1, -0.05) is 19.1 Å². The summed E-state index contributed by atoms with van der Waals surface area (Å²) in [4.78, 5) is 4.40. The highest BCUT2D eigenvalue weighted by molar-refractivity contribution is 6.29. The van der Waals surface area contributed by atoms with Gasteiger partial charge < -0.3 is 5.32 Å². The van der Waals surface area contributed by atoms with Gasteiger partial charge in [0.1, 0.15) is 11.8 Å². The van der Waals surface area contributed by atoms with Crippen molar-refractivity contribution in [2.24, 2.45) is 0 Å². The van der Waals surface area contributed by atoms with Crippen LogP contribution in [-0.4, -0.2) is 17.7 Å². The van der Waals surface area contributed by atoms with Crippen LogP contribution in [0.3, 0.4) is 0 Å². The average Bonchev–Trinajstić information content (AvgIpc) is 2.44. The number of nitriles is 1. The molecule has 1 unspecified atom stereocenters. The predicted octanol–water partition coefficient (Wildman–Crippen LogP) is 2.71. The van der Waals surface area contributed by atoms with Gasteiger partial charge in [-0.15, -0.1) is 0 Å². The van der Waals surface area contributed by atoms with Gasteiger partial charge in [0.15, 0.2) is 0 Å². The summed E-state index contributed by atoms with van der Waals surface area (Å²) in [5, 5.41) is 19.4. The second kappa shape index (κ2) is 5.49. The summed E-state index contributed by atoms with van der Waals surface area (Å²) in [6, 6.07) is 3.80. The highest BCUT2D eigenvalue weighted by atomic mass is 14.8. The number of aromatic nitrogens is 1. The maximum Gasteiger partial charge on any atom is 0.143 e. The van der Waals surface area contributed by atoms with E-state index in [0.717, 1.165) is 12.0 Å². The highest BCUT2D eigenvalue weighted by Crippen LogP contribution is 2.30. The molecule has 0 aliphatic heterocycles. The second-order valence-corrected chi connectivity index (χ2v) is 4.57. The van der Waals surface area contributed by atoms with Gasteiger partial charge in [-0.25, -0.2) is 0 Å². The van der Waals surface area contributed by atoms with Gasteiger partial charge in [-0.2, -0.15) is 5.26 Å². The molecule has 4 heteroatoms. The van der Waals surface area contributed by atoms with Gasteiger partial charge in [-0.05, 0) is 29.5 Å². The molecule has 0 fully saturated rings. The minimum absolute atomic E-state index is 0.0883. The largest absolute Gasteiger partial charge is 0.393 e. The Kier molecular flexibility index (Phi) is 3.76. The zero-order valence-corrected chi connectivity index (χ0v) is 11.1. The SMILES string of the molecule is CN/C=C(\C(=N)C#N)c1cc2c(cn1)C(C)CC=C2. The molecule has 1 aromatic heterocycles. The van der Waals surface area contributed by atoms with Crippen LogP contribution in [0.5, 0.6) is 0 Å². The maximum absolute atomic E-state index is 8.89. The first-order valence-corrected chi connectivity index (χ1v) is 6.20. The monoisotopic (exact) mass is 252 g/mol. The van der Waals surface area contributed by atoms with Crippen LogP contribution in [0.15, 0.2) is 24.5 Å². The molecule has 4 nitrogen and oxygen atoms in total. The molecule has 0 spiro atoms. The summed E-state index contributed by atoms with van der Waals surface area (Å²) >= 11 is 0. The van der Waals surface area contributed by atoms with Crippen LogP contribution in [-0.2, 0) is 0 Å². The number of nitrogens with zero attached hydrogens (tertiary/aromatic N) is 2. The molecule has 0 aromatic carbocycles. The molecule has 2 N–H and O–H groups in total. The summed E-state index contributed by atoms with van der Waals surface area (Å²) in [5.41, 5.74) is 3.42. The molecule has 0 saturated heterocycles. The molecule has 19 heavy (non-hydrogen) atoms. The fourth-order valence-corrected chi connectivity index (χ4v) is 2.19. The van der Waals surface area contributed by atoms with Crippen LogP contribution in [0, 0.1) is 16.7 Å². The van der Waals surface area contributed by atoms with E-state index in [9.17, 15) is 0 Å². The minimum Gasteiger partial charge on any atom is -0.393 e. The lowest BCUT2D eigenvalue weighted by molar-refractivity contribution is 0.765. The summed E-state index contributed by atoms with van der Waals surface area (Å²) in [6.07, 6.45) is 8.74. The molecule has 1 aliphatic rings. The van der Waals surface area contributed by atoms with Crippen molar-refractivity contribution in [1.82, 2.24) is 10.3 Å². The second-order valence-electron chi connectivity index (χ2n) is 4.57. The molecular weight excluding hydrogens is 236 g/mol. The van der Waals surface area contributed by atoms with E-state index < -0.39 is 0 Å². The van der Waals surface area contributed by atoms with E-state index in [1.807, 2.05) is 18.3 Å². The Labute approximate surface area is 113 Å². The molecule has 0 saturated carbocycles. The third-order valence-electron chi connectivity index (χ3n) is 3.23. The summed E-state index contributed by atoms with van der Waals surface area (Å²) in [6.45, 7) is 2.17. The molecule has 1 aromatic rings. The van der Waals surface area contributed by atoms with Crippen LogP contribution < -0.4 is 5.32 Å². The van der Waals surface area contributed by atoms with Crippen molar-refractivity contribution in [3.8, 4) is 6.07 Å². The van der Waals surface area contributed by atoms with Gasteiger partial charge in [0.05, 0.1) is 11.3 Å². The normalized spacial score (nSPS) is 17.5. The van der Waals surface area contributed by atoms with Crippen LogP contribution in [0.1, 0.15) is 36.1 Å². The number of hydrogen-bond donors (Lipinski definition) is 2. The smallest absolute Gasteiger partial charge is 0.143 e. The van der Waals surface area contributed by atoms with Crippen molar-refractivity contribution in [2.75, 3.05) is 7.05 Å². The van der Waals surface area contributed by atoms with Gasteiger partial charge in [0.25, 0.3) is 0 Å². The summed E-state index contributed by atoms with van der Waals surface area (Å²) in [7, 11) is 1.74. The maximum atomic E-state index is 8.89. The number of hydrogen-bond acceptors (Lipinski definition) is 4. The number of pyridine rings is 1. The fourth-order valence-electron chi connectivity index (χ4n) is 2.19. The standard InChI is InChI=1S/C15H16N4/c1-10-4-3-5-11-6-15(19-9-12(10)11)13(8-18-2)14(17)7-16/h3,5-6,8-10,17-18H,4H2,1-2H3/b13-8+,17-14?. The molecule has 1 atom stereocenters. The van der Waals surface area contributed by atoms with Crippen LogP contribution in [0.2, 0.25) is 0 Å². The van der Waals surface area contributed by atoms with Gasteiger partial charge >= 0.3 is 0 Å². The van der Waals surface area contributed by atoms with Crippen molar-refractivity contribution >= 4 is 17.4 Å². The van der Waals surface area contributed by atoms with Crippen molar-refractivity contribution in [3.63, 3.8) is 0 Å². The van der Waals surface area contributed by atoms with Crippen molar-refractivity contribution < 1.29 is 0 Å². The Morgan fingerprint density at radius 1 is 1.63 bits per heavy atom. The van der Waals surface area contributed by atoms with Crippen LogP contribution in [0.4, 0.5) is 0 Å². The lowest BCUT2D eigenvalue weighted by atomic mass is 9.89. The van der Waals surface area contributed by atoms with E-state index in [0.29, 0.717) is 17.2 Å². The molecule has 96 valence electrons. The molecule has 0 amide bonds. The van der Waals surface area contributed by atoms with Gasteiger partial charge in [-0.3, -0.25) is 10.4 Å². The average molecular weight is 252 g/mol. The van der Waals surface area contributed by atoms with Gasteiger partial charge in [0, 0.05) is 19.4 Å².